The maximum Gasteiger partial charge on any atom is 0.254 e. The van der Waals surface area contributed by atoms with Gasteiger partial charge in [0.25, 0.3) is 5.91 Å². The summed E-state index contributed by atoms with van der Waals surface area (Å²) in [6.45, 7) is 2.07. The molecule has 1 N–H and O–H groups in total. The SMILES string of the molecule is COCc1cccc(C(=O)N(C)CC(=O)Nc2cc(C)on2)c1. The summed E-state index contributed by atoms with van der Waals surface area (Å²) < 4.78 is 9.92. The van der Waals surface area contributed by atoms with E-state index in [1.807, 2.05) is 6.07 Å². The average molecular weight is 317 g/mol. The van der Waals surface area contributed by atoms with E-state index in [0.717, 1.165) is 5.56 Å². The first-order valence-corrected chi connectivity index (χ1v) is 7.06. The van der Waals surface area contributed by atoms with Gasteiger partial charge < -0.3 is 19.5 Å². The van der Waals surface area contributed by atoms with Gasteiger partial charge in [-0.25, -0.2) is 0 Å². The van der Waals surface area contributed by atoms with E-state index in [-0.39, 0.29) is 18.4 Å². The number of benzene rings is 1. The minimum atomic E-state index is -0.345. The summed E-state index contributed by atoms with van der Waals surface area (Å²) >= 11 is 0. The molecule has 0 aliphatic rings. The lowest BCUT2D eigenvalue weighted by Crippen LogP contribution is -2.35. The van der Waals surface area contributed by atoms with E-state index in [1.54, 1.807) is 45.3 Å². The predicted molar refractivity (Wildman–Crippen MR) is 84.0 cm³/mol. The van der Waals surface area contributed by atoms with Gasteiger partial charge in [0.15, 0.2) is 5.82 Å². The zero-order valence-corrected chi connectivity index (χ0v) is 13.3. The Bertz CT molecular complexity index is 696. The molecule has 1 aromatic carbocycles. The van der Waals surface area contributed by atoms with Crippen LogP contribution in [0, 0.1) is 6.92 Å². The van der Waals surface area contributed by atoms with Crippen molar-refractivity contribution in [3.05, 3.63) is 47.2 Å². The van der Waals surface area contributed by atoms with Gasteiger partial charge in [-0.2, -0.15) is 0 Å². The molecule has 0 unspecified atom stereocenters. The standard InChI is InChI=1S/C16H19N3O4/c1-11-7-14(18-23-11)17-15(20)9-19(2)16(21)13-6-4-5-12(8-13)10-22-3/h4-8H,9-10H2,1-3H3,(H,17,18,20). The first-order chi connectivity index (χ1) is 11.0. The number of nitrogens with zero attached hydrogens (tertiary/aromatic N) is 2. The largest absolute Gasteiger partial charge is 0.380 e. The fraction of sp³-hybridized carbons (Fsp3) is 0.312. The van der Waals surface area contributed by atoms with Gasteiger partial charge in [0.2, 0.25) is 5.91 Å². The van der Waals surface area contributed by atoms with Crippen LogP contribution in [0.3, 0.4) is 0 Å². The lowest BCUT2D eigenvalue weighted by atomic mass is 10.1. The van der Waals surface area contributed by atoms with Gasteiger partial charge >= 0.3 is 0 Å². The lowest BCUT2D eigenvalue weighted by molar-refractivity contribution is -0.116. The molecule has 0 saturated carbocycles. The van der Waals surface area contributed by atoms with Crippen LogP contribution in [0.25, 0.3) is 0 Å². The highest BCUT2D eigenvalue weighted by Crippen LogP contribution is 2.10. The monoisotopic (exact) mass is 317 g/mol. The van der Waals surface area contributed by atoms with Crippen molar-refractivity contribution in [2.24, 2.45) is 0 Å². The van der Waals surface area contributed by atoms with Gasteiger partial charge in [0, 0.05) is 25.8 Å². The molecule has 2 rings (SSSR count). The van der Waals surface area contributed by atoms with Gasteiger partial charge in [-0.05, 0) is 24.6 Å². The molecule has 1 aromatic heterocycles. The first kappa shape index (κ1) is 16.7. The minimum absolute atomic E-state index is 0.0841. The Morgan fingerprint density at radius 1 is 1.35 bits per heavy atom. The number of amides is 2. The second kappa shape index (κ2) is 7.55. The number of hydrogen-bond donors (Lipinski definition) is 1. The van der Waals surface area contributed by atoms with Gasteiger partial charge in [0.1, 0.15) is 5.76 Å². The Labute approximate surface area is 134 Å². The smallest absolute Gasteiger partial charge is 0.254 e. The maximum absolute atomic E-state index is 12.4. The Morgan fingerprint density at radius 2 is 2.13 bits per heavy atom. The zero-order valence-electron chi connectivity index (χ0n) is 13.3. The van der Waals surface area contributed by atoms with Crippen molar-refractivity contribution < 1.29 is 18.8 Å². The summed E-state index contributed by atoms with van der Waals surface area (Å²) in [6.07, 6.45) is 0. The third-order valence-corrected chi connectivity index (χ3v) is 3.11. The van der Waals surface area contributed by atoms with Crippen molar-refractivity contribution in [1.29, 1.82) is 0 Å². The fourth-order valence-electron chi connectivity index (χ4n) is 2.08. The van der Waals surface area contributed by atoms with E-state index < -0.39 is 0 Å². The molecule has 7 heteroatoms. The molecule has 0 aliphatic carbocycles. The Balaban J connectivity index is 1.96. The van der Waals surface area contributed by atoms with Crippen molar-refractivity contribution in [1.82, 2.24) is 10.1 Å². The van der Waals surface area contributed by atoms with Crippen molar-refractivity contribution in [2.75, 3.05) is 26.0 Å². The van der Waals surface area contributed by atoms with Crippen LogP contribution in [0.2, 0.25) is 0 Å². The molecule has 122 valence electrons. The molecular formula is C16H19N3O4. The third-order valence-electron chi connectivity index (χ3n) is 3.11. The Hall–Kier alpha value is -2.67. The molecule has 0 spiro atoms. The van der Waals surface area contributed by atoms with Crippen LogP contribution in [-0.4, -0.2) is 42.6 Å². The number of nitrogens with one attached hydrogen (secondary N) is 1. The molecule has 0 fully saturated rings. The molecule has 0 aliphatic heterocycles. The summed E-state index contributed by atoms with van der Waals surface area (Å²) in [5.41, 5.74) is 1.40. The number of aryl methyl sites for hydroxylation is 1. The van der Waals surface area contributed by atoms with Crippen LogP contribution in [0.15, 0.2) is 34.9 Å². The van der Waals surface area contributed by atoms with Crippen LogP contribution in [0.4, 0.5) is 5.82 Å². The Morgan fingerprint density at radius 3 is 2.78 bits per heavy atom. The molecule has 0 bridgehead atoms. The highest BCUT2D eigenvalue weighted by atomic mass is 16.5. The quantitative estimate of drug-likeness (QED) is 0.879. The number of methoxy groups -OCH3 is 1. The molecule has 7 nitrogen and oxygen atoms in total. The number of hydrogen-bond acceptors (Lipinski definition) is 5. The van der Waals surface area contributed by atoms with E-state index in [0.29, 0.717) is 23.7 Å². The number of rotatable bonds is 6. The van der Waals surface area contributed by atoms with Crippen LogP contribution >= 0.6 is 0 Å². The van der Waals surface area contributed by atoms with Crippen molar-refractivity contribution in [3.63, 3.8) is 0 Å². The summed E-state index contributed by atoms with van der Waals surface area (Å²) in [7, 11) is 3.16. The van der Waals surface area contributed by atoms with Gasteiger partial charge in [-0.1, -0.05) is 17.3 Å². The summed E-state index contributed by atoms with van der Waals surface area (Å²) in [4.78, 5) is 25.6. The highest BCUT2D eigenvalue weighted by molar-refractivity contribution is 5.99. The maximum atomic E-state index is 12.4. The van der Waals surface area contributed by atoms with Crippen LogP contribution in [0.1, 0.15) is 21.7 Å². The zero-order chi connectivity index (χ0) is 16.8. The van der Waals surface area contributed by atoms with Gasteiger partial charge in [-0.15, -0.1) is 0 Å². The molecule has 0 atom stereocenters. The third kappa shape index (κ3) is 4.65. The summed E-state index contributed by atoms with van der Waals surface area (Å²) in [5.74, 6) is 0.340. The number of likely N-dealkylation sites (N-methyl/N-ethyl adjacent to an activating group) is 1. The van der Waals surface area contributed by atoms with Crippen LogP contribution in [-0.2, 0) is 16.1 Å². The summed E-state index contributed by atoms with van der Waals surface area (Å²) in [6, 6.07) is 8.72. The fourth-order valence-corrected chi connectivity index (χ4v) is 2.08. The molecular weight excluding hydrogens is 298 g/mol. The number of carbonyl (C=O) groups is 2. The highest BCUT2D eigenvalue weighted by Gasteiger charge is 2.16. The van der Waals surface area contributed by atoms with E-state index >= 15 is 0 Å². The van der Waals surface area contributed by atoms with E-state index in [2.05, 4.69) is 10.5 Å². The van der Waals surface area contributed by atoms with Gasteiger partial charge in [-0.3, -0.25) is 9.59 Å². The van der Waals surface area contributed by atoms with Gasteiger partial charge in [0.05, 0.1) is 13.2 Å². The van der Waals surface area contributed by atoms with E-state index in [4.69, 9.17) is 9.26 Å². The summed E-state index contributed by atoms with van der Waals surface area (Å²) in [5, 5.41) is 6.25. The van der Waals surface area contributed by atoms with Crippen molar-refractivity contribution in [3.8, 4) is 0 Å². The molecule has 0 radical (unpaired) electrons. The lowest BCUT2D eigenvalue weighted by Gasteiger charge is -2.16. The van der Waals surface area contributed by atoms with Crippen LogP contribution < -0.4 is 5.32 Å². The van der Waals surface area contributed by atoms with Crippen molar-refractivity contribution in [2.45, 2.75) is 13.5 Å². The second-order valence-corrected chi connectivity index (χ2v) is 5.17. The number of ether oxygens (including phenoxy) is 1. The number of aromatic nitrogens is 1. The topological polar surface area (TPSA) is 84.7 Å². The van der Waals surface area contributed by atoms with E-state index in [9.17, 15) is 9.59 Å². The first-order valence-electron chi connectivity index (χ1n) is 7.06. The van der Waals surface area contributed by atoms with Crippen molar-refractivity contribution >= 4 is 17.6 Å². The Kier molecular flexibility index (Phi) is 5.48. The molecule has 2 aromatic rings. The molecule has 0 saturated heterocycles. The molecule has 23 heavy (non-hydrogen) atoms. The van der Waals surface area contributed by atoms with E-state index in [1.165, 1.54) is 4.90 Å². The predicted octanol–water partition coefficient (Wildman–Crippen LogP) is 1.84. The normalized spacial score (nSPS) is 10.4. The molecule has 2 amide bonds. The minimum Gasteiger partial charge on any atom is -0.380 e. The molecule has 1 heterocycles. The van der Waals surface area contributed by atoms with Crippen LogP contribution in [0.5, 0.6) is 0 Å². The average Bonchev–Trinajstić information content (AvgIpc) is 2.92. The second-order valence-electron chi connectivity index (χ2n) is 5.17. The number of anilines is 1. The number of carbonyl (C=O) groups excluding carboxylic acids is 2.